The van der Waals surface area contributed by atoms with Crippen molar-refractivity contribution in [1.82, 2.24) is 14.8 Å². The second-order valence-electron chi connectivity index (χ2n) is 7.81. The first-order chi connectivity index (χ1) is 15.2. The number of nitrogens with one attached hydrogen (secondary N) is 1. The molecule has 4 aromatic rings. The molecule has 3 heterocycles. The van der Waals surface area contributed by atoms with Gasteiger partial charge in [0.2, 0.25) is 5.95 Å². The highest BCUT2D eigenvalue weighted by atomic mass is 35.5. The van der Waals surface area contributed by atoms with Crippen LogP contribution in [0.5, 0.6) is 5.75 Å². The molecule has 2 aliphatic heterocycles. The number of para-hydroxylation sites is 1. The number of fused-ring (bicyclic) bond motifs is 3. The number of benzene rings is 3. The van der Waals surface area contributed by atoms with Crippen molar-refractivity contribution < 1.29 is 4.74 Å². The van der Waals surface area contributed by atoms with Crippen molar-refractivity contribution in [2.24, 2.45) is 0 Å². The van der Waals surface area contributed by atoms with E-state index in [0.29, 0.717) is 11.0 Å². The molecule has 2 atom stereocenters. The van der Waals surface area contributed by atoms with Gasteiger partial charge in [0.1, 0.15) is 18.1 Å². The summed E-state index contributed by atoms with van der Waals surface area (Å²) in [5.41, 5.74) is 6.32. The highest BCUT2D eigenvalue weighted by Crippen LogP contribution is 2.51. The Labute approximate surface area is 185 Å². The summed E-state index contributed by atoms with van der Waals surface area (Å²) in [5, 5.41) is 8.74. The number of hydrogen-bond donors (Lipinski definition) is 1. The van der Waals surface area contributed by atoms with E-state index in [1.54, 1.807) is 6.33 Å². The molecule has 0 amide bonds. The van der Waals surface area contributed by atoms with Crippen molar-refractivity contribution in [3.63, 3.8) is 0 Å². The van der Waals surface area contributed by atoms with Crippen LogP contribution in [-0.2, 0) is 0 Å². The second kappa shape index (κ2) is 7.00. The molecule has 0 aliphatic carbocycles. The molecule has 0 saturated heterocycles. The van der Waals surface area contributed by atoms with Crippen LogP contribution in [0, 0.1) is 6.92 Å². The molecule has 0 fully saturated rings. The Bertz CT molecular complexity index is 1330. The predicted octanol–water partition coefficient (Wildman–Crippen LogP) is 5.80. The number of aryl methyl sites for hydroxylation is 1. The van der Waals surface area contributed by atoms with Crippen molar-refractivity contribution in [2.45, 2.75) is 19.1 Å². The lowest BCUT2D eigenvalue weighted by molar-refractivity contribution is 0.223. The number of hydrogen-bond acceptors (Lipinski definition) is 4. The van der Waals surface area contributed by atoms with Gasteiger partial charge in [-0.25, -0.2) is 4.68 Å². The molecule has 3 aromatic carbocycles. The van der Waals surface area contributed by atoms with E-state index >= 15 is 0 Å². The summed E-state index contributed by atoms with van der Waals surface area (Å²) in [7, 11) is 0. The van der Waals surface area contributed by atoms with E-state index in [0.717, 1.165) is 33.7 Å². The number of rotatable bonds is 2. The van der Waals surface area contributed by atoms with Gasteiger partial charge >= 0.3 is 0 Å². The third kappa shape index (κ3) is 2.85. The Hall–Kier alpha value is -3.57. The molecule has 1 N–H and O–H groups in total. The number of anilines is 1. The highest BCUT2D eigenvalue weighted by Gasteiger charge is 2.41. The molecule has 5 nitrogen and oxygen atoms in total. The topological polar surface area (TPSA) is 52.0 Å². The quantitative estimate of drug-likeness (QED) is 0.440. The molecule has 0 unspecified atom stereocenters. The molecule has 0 spiro atoms. The van der Waals surface area contributed by atoms with Gasteiger partial charge in [-0.2, -0.15) is 10.1 Å². The minimum atomic E-state index is -0.366. The van der Waals surface area contributed by atoms with Crippen LogP contribution in [0.4, 0.5) is 5.95 Å². The smallest absolute Gasteiger partial charge is 0.226 e. The van der Waals surface area contributed by atoms with E-state index in [-0.39, 0.29) is 12.1 Å². The first-order valence-electron chi connectivity index (χ1n) is 10.2. The van der Waals surface area contributed by atoms with Gasteiger partial charge in [-0.1, -0.05) is 71.8 Å². The molecule has 31 heavy (non-hydrogen) atoms. The molecule has 0 saturated carbocycles. The third-order valence-corrected chi connectivity index (χ3v) is 6.25. The Morgan fingerprint density at radius 2 is 1.74 bits per heavy atom. The molecule has 0 radical (unpaired) electrons. The monoisotopic (exact) mass is 426 g/mol. The van der Waals surface area contributed by atoms with Crippen molar-refractivity contribution in [1.29, 1.82) is 0 Å². The highest BCUT2D eigenvalue weighted by molar-refractivity contribution is 6.31. The molecule has 1 aromatic heterocycles. The van der Waals surface area contributed by atoms with Crippen LogP contribution >= 0.6 is 11.6 Å². The maximum absolute atomic E-state index is 6.65. The molecule has 0 bridgehead atoms. The van der Waals surface area contributed by atoms with Crippen LogP contribution in [0.3, 0.4) is 0 Å². The van der Waals surface area contributed by atoms with Gasteiger partial charge in [0, 0.05) is 21.7 Å². The van der Waals surface area contributed by atoms with Gasteiger partial charge in [-0.15, -0.1) is 0 Å². The SMILES string of the molecule is Cc1ccc([C@H]2C3=C(Nc4ncnn42)c2ccccc2O[C@@H]3c2ccccc2Cl)cc1. The second-order valence-corrected chi connectivity index (χ2v) is 8.22. The van der Waals surface area contributed by atoms with Gasteiger partial charge in [-0.3, -0.25) is 0 Å². The maximum Gasteiger partial charge on any atom is 0.226 e. The zero-order valence-corrected chi connectivity index (χ0v) is 17.5. The minimum absolute atomic E-state index is 0.177. The first kappa shape index (κ1) is 18.2. The first-order valence-corrected chi connectivity index (χ1v) is 10.6. The van der Waals surface area contributed by atoms with Crippen LogP contribution in [0.15, 0.2) is 84.7 Å². The van der Waals surface area contributed by atoms with Crippen LogP contribution in [-0.4, -0.2) is 14.8 Å². The average molecular weight is 427 g/mol. The van der Waals surface area contributed by atoms with E-state index in [1.807, 2.05) is 47.1 Å². The van der Waals surface area contributed by atoms with E-state index in [2.05, 4.69) is 52.7 Å². The Balaban J connectivity index is 1.65. The average Bonchev–Trinajstić information content (AvgIpc) is 3.27. The Morgan fingerprint density at radius 3 is 2.58 bits per heavy atom. The van der Waals surface area contributed by atoms with Gasteiger partial charge in [-0.05, 0) is 30.7 Å². The van der Waals surface area contributed by atoms with Crippen LogP contribution in [0.25, 0.3) is 5.70 Å². The summed E-state index contributed by atoms with van der Waals surface area (Å²) in [6.45, 7) is 2.09. The summed E-state index contributed by atoms with van der Waals surface area (Å²) in [5.74, 6) is 1.52. The normalized spacial score (nSPS) is 19.0. The fraction of sp³-hybridized carbons (Fsp3) is 0.120. The van der Waals surface area contributed by atoms with Crippen molar-refractivity contribution >= 4 is 23.2 Å². The Kier molecular flexibility index (Phi) is 4.11. The molecule has 6 heteroatoms. The minimum Gasteiger partial charge on any atom is -0.480 e. The zero-order valence-electron chi connectivity index (χ0n) is 16.8. The van der Waals surface area contributed by atoms with E-state index < -0.39 is 0 Å². The molecular weight excluding hydrogens is 408 g/mol. The maximum atomic E-state index is 6.65. The number of nitrogens with zero attached hydrogens (tertiary/aromatic N) is 3. The zero-order chi connectivity index (χ0) is 20.9. The predicted molar refractivity (Wildman–Crippen MR) is 121 cm³/mol. The van der Waals surface area contributed by atoms with Gasteiger partial charge in [0.15, 0.2) is 6.10 Å². The summed E-state index contributed by atoms with van der Waals surface area (Å²) in [6.07, 6.45) is 1.22. The van der Waals surface area contributed by atoms with Gasteiger partial charge < -0.3 is 10.1 Å². The molecule has 2 aliphatic rings. The van der Waals surface area contributed by atoms with E-state index in [1.165, 1.54) is 5.56 Å². The van der Waals surface area contributed by atoms with E-state index in [9.17, 15) is 0 Å². The Morgan fingerprint density at radius 1 is 0.968 bits per heavy atom. The number of halogens is 1. The molecule has 152 valence electrons. The standard InChI is InChI=1S/C25H19ClN4O/c1-15-10-12-16(13-11-15)23-21-22(29-25-27-14-28-30(23)25)18-7-3-5-9-20(18)31-24(21)17-6-2-4-8-19(17)26/h2-14,23-24H,1H3,(H,27,28,29)/t23-,24+/m0/s1. The fourth-order valence-corrected chi connectivity index (χ4v) is 4.67. The largest absolute Gasteiger partial charge is 0.480 e. The summed E-state index contributed by atoms with van der Waals surface area (Å²) >= 11 is 6.65. The fourth-order valence-electron chi connectivity index (χ4n) is 4.43. The van der Waals surface area contributed by atoms with Gasteiger partial charge in [0.05, 0.1) is 5.70 Å². The lowest BCUT2D eigenvalue weighted by atomic mass is 9.84. The van der Waals surface area contributed by atoms with E-state index in [4.69, 9.17) is 16.3 Å². The third-order valence-electron chi connectivity index (χ3n) is 5.90. The van der Waals surface area contributed by atoms with Crippen LogP contribution in [0.2, 0.25) is 5.02 Å². The molecule has 6 rings (SSSR count). The summed E-state index contributed by atoms with van der Waals surface area (Å²) < 4.78 is 8.51. The summed E-state index contributed by atoms with van der Waals surface area (Å²) in [4.78, 5) is 4.47. The molecular formula is C25H19ClN4O. The summed E-state index contributed by atoms with van der Waals surface area (Å²) in [6, 6.07) is 24.3. The van der Waals surface area contributed by atoms with Crippen molar-refractivity contribution in [3.05, 3.63) is 112 Å². The number of aromatic nitrogens is 3. The lowest BCUT2D eigenvalue weighted by Gasteiger charge is -2.39. The number of ether oxygens (including phenoxy) is 1. The van der Waals surface area contributed by atoms with Crippen molar-refractivity contribution in [2.75, 3.05) is 5.32 Å². The van der Waals surface area contributed by atoms with Crippen LogP contribution in [0.1, 0.15) is 34.4 Å². The van der Waals surface area contributed by atoms with Crippen molar-refractivity contribution in [3.8, 4) is 5.75 Å². The lowest BCUT2D eigenvalue weighted by Crippen LogP contribution is -2.32. The van der Waals surface area contributed by atoms with Crippen LogP contribution < -0.4 is 10.1 Å². The van der Waals surface area contributed by atoms with Gasteiger partial charge in [0.25, 0.3) is 0 Å².